The molecule has 6 bridgehead atoms. The Hall–Kier alpha value is -3.98. The Labute approximate surface area is 217 Å². The lowest BCUT2D eigenvalue weighted by atomic mass is 9.99. The lowest BCUT2D eigenvalue weighted by molar-refractivity contribution is -0.121. The molecule has 0 radical (unpaired) electrons. The maximum absolute atomic E-state index is 13.2. The number of nitrogens with zero attached hydrogens (tertiary/aromatic N) is 3. The second-order valence-electron chi connectivity index (χ2n) is 9.47. The molecule has 5 rings (SSSR count). The van der Waals surface area contributed by atoms with Crippen LogP contribution in [0.5, 0.6) is 0 Å². The van der Waals surface area contributed by atoms with Crippen LogP contribution in [0.3, 0.4) is 0 Å². The zero-order chi connectivity index (χ0) is 26.0. The first-order valence-corrected chi connectivity index (χ1v) is 12.6. The molecular weight excluding hydrogens is 468 g/mol. The van der Waals surface area contributed by atoms with Gasteiger partial charge in [-0.25, -0.2) is 14.8 Å². The van der Waals surface area contributed by atoms with E-state index in [-0.39, 0.29) is 12.4 Å². The number of carbonyl (C=O) groups excluding carboxylic acids is 2. The topological polar surface area (TPSA) is 108 Å². The fourth-order valence-corrected chi connectivity index (χ4v) is 4.14. The minimum atomic E-state index is -0.581. The molecule has 1 amide bonds. The number of aryl methyl sites for hydroxylation is 1. The number of ketones is 1. The predicted molar refractivity (Wildman–Crippen MR) is 144 cm³/mol. The summed E-state index contributed by atoms with van der Waals surface area (Å²) in [6, 6.07) is 16.7. The first kappa shape index (κ1) is 26.1. The van der Waals surface area contributed by atoms with Gasteiger partial charge in [0.05, 0.1) is 6.04 Å². The highest BCUT2D eigenvalue weighted by Gasteiger charge is 2.21. The van der Waals surface area contributed by atoms with E-state index in [0.717, 1.165) is 41.9 Å². The normalized spacial score (nSPS) is 16.4. The van der Waals surface area contributed by atoms with Crippen molar-refractivity contribution in [3.05, 3.63) is 72.1 Å². The van der Waals surface area contributed by atoms with Crippen molar-refractivity contribution in [2.45, 2.75) is 44.8 Å². The van der Waals surface area contributed by atoms with Gasteiger partial charge in [-0.15, -0.1) is 0 Å². The van der Waals surface area contributed by atoms with Crippen LogP contribution in [0.2, 0.25) is 0 Å². The van der Waals surface area contributed by atoms with E-state index in [9.17, 15) is 9.59 Å². The van der Waals surface area contributed by atoms with Crippen LogP contribution in [-0.2, 0) is 22.6 Å². The van der Waals surface area contributed by atoms with Crippen molar-refractivity contribution in [3.63, 3.8) is 0 Å². The molecule has 37 heavy (non-hydrogen) atoms. The van der Waals surface area contributed by atoms with Gasteiger partial charge < -0.3 is 25.6 Å². The molecule has 0 spiro atoms. The predicted octanol–water partition coefficient (Wildman–Crippen LogP) is 4.81. The van der Waals surface area contributed by atoms with Crippen LogP contribution in [0.15, 0.2) is 60.9 Å². The summed E-state index contributed by atoms with van der Waals surface area (Å²) in [6.45, 7) is 1.05. The maximum Gasteiger partial charge on any atom is 0.408 e. The highest BCUT2D eigenvalue weighted by atomic mass is 16.5. The van der Waals surface area contributed by atoms with Gasteiger partial charge in [-0.2, -0.15) is 0 Å². The molecule has 0 aliphatic carbocycles. The summed E-state index contributed by atoms with van der Waals surface area (Å²) in [6.07, 6.45) is 4.18. The van der Waals surface area contributed by atoms with Crippen LogP contribution >= 0.6 is 0 Å². The highest BCUT2D eigenvalue weighted by Crippen LogP contribution is 2.21. The summed E-state index contributed by atoms with van der Waals surface area (Å²) < 4.78 is 5.44. The molecule has 9 nitrogen and oxygen atoms in total. The number of nitrogens with one attached hydrogen (secondary N) is 3. The molecule has 194 valence electrons. The van der Waals surface area contributed by atoms with Gasteiger partial charge in [0.2, 0.25) is 0 Å². The molecule has 9 heteroatoms. The van der Waals surface area contributed by atoms with E-state index < -0.39 is 12.1 Å². The third kappa shape index (κ3) is 8.28. The van der Waals surface area contributed by atoms with E-state index in [1.807, 2.05) is 68.7 Å². The van der Waals surface area contributed by atoms with Gasteiger partial charge in [0.1, 0.15) is 24.6 Å². The van der Waals surface area contributed by atoms with Crippen molar-refractivity contribution in [2.24, 2.45) is 0 Å². The molecule has 3 N–H and O–H groups in total. The Morgan fingerprint density at radius 2 is 1.65 bits per heavy atom. The zero-order valence-electron chi connectivity index (χ0n) is 21.4. The monoisotopic (exact) mass is 502 g/mol. The largest absolute Gasteiger partial charge is 0.445 e. The Kier molecular flexibility index (Phi) is 9.04. The second kappa shape index (κ2) is 12.8. The van der Waals surface area contributed by atoms with E-state index in [0.29, 0.717) is 30.9 Å². The number of benzene rings is 2. The number of unbranched alkanes of at least 4 members (excludes halogenated alkanes) is 1. The molecule has 1 aromatic heterocycles. The van der Waals surface area contributed by atoms with Crippen molar-refractivity contribution in [1.29, 1.82) is 0 Å². The minimum Gasteiger partial charge on any atom is -0.445 e. The minimum absolute atomic E-state index is 0.00504. The molecule has 1 unspecified atom stereocenters. The number of hydrogen-bond acceptors (Lipinski definition) is 8. The first-order chi connectivity index (χ1) is 17.9. The molecule has 2 aliphatic rings. The van der Waals surface area contributed by atoms with Gasteiger partial charge in [0.15, 0.2) is 5.78 Å². The Balaban J connectivity index is 1.54. The molecule has 2 aromatic carbocycles. The summed E-state index contributed by atoms with van der Waals surface area (Å²) in [4.78, 5) is 36.5. The highest BCUT2D eigenvalue weighted by molar-refractivity contribution is 5.87. The van der Waals surface area contributed by atoms with Gasteiger partial charge in [-0.05, 0) is 81.7 Å². The van der Waals surface area contributed by atoms with Gasteiger partial charge in [-0.3, -0.25) is 4.79 Å². The average Bonchev–Trinajstić information content (AvgIpc) is 2.88. The quantitative estimate of drug-likeness (QED) is 0.427. The van der Waals surface area contributed by atoms with E-state index in [1.165, 1.54) is 6.33 Å². The molecule has 3 aromatic rings. The Bertz CT molecular complexity index is 1200. The number of ether oxygens (including phenoxy) is 1. The Morgan fingerprint density at radius 1 is 0.892 bits per heavy atom. The van der Waals surface area contributed by atoms with Crippen molar-refractivity contribution in [1.82, 2.24) is 20.2 Å². The molecule has 1 atom stereocenters. The molecule has 0 saturated carbocycles. The number of anilines is 4. The van der Waals surface area contributed by atoms with Crippen LogP contribution < -0.4 is 16.0 Å². The number of alkyl carbamates (subject to hydrolysis) is 1. The number of amides is 1. The Morgan fingerprint density at radius 3 is 2.41 bits per heavy atom. The average molecular weight is 503 g/mol. The second-order valence-corrected chi connectivity index (χ2v) is 9.47. The molecule has 0 saturated heterocycles. The van der Waals surface area contributed by atoms with Gasteiger partial charge >= 0.3 is 6.09 Å². The lowest BCUT2D eigenvalue weighted by Gasteiger charge is -2.19. The number of aromatic nitrogens is 2. The number of fused-ring (bicyclic) bond motifs is 9. The number of rotatable bonds is 5. The third-order valence-corrected chi connectivity index (χ3v) is 6.15. The van der Waals surface area contributed by atoms with Crippen molar-refractivity contribution in [3.8, 4) is 0 Å². The van der Waals surface area contributed by atoms with Gasteiger partial charge in [0, 0.05) is 23.9 Å². The maximum atomic E-state index is 13.2. The molecule has 3 heterocycles. The van der Waals surface area contributed by atoms with Crippen molar-refractivity contribution in [2.75, 3.05) is 31.3 Å². The third-order valence-electron chi connectivity index (χ3n) is 6.15. The summed E-state index contributed by atoms with van der Waals surface area (Å²) in [5.74, 6) is 1.31. The first-order valence-electron chi connectivity index (χ1n) is 12.6. The van der Waals surface area contributed by atoms with Crippen molar-refractivity contribution < 1.29 is 14.3 Å². The van der Waals surface area contributed by atoms with E-state index in [4.69, 9.17) is 4.74 Å². The van der Waals surface area contributed by atoms with Gasteiger partial charge in [0.25, 0.3) is 0 Å². The van der Waals surface area contributed by atoms with Crippen molar-refractivity contribution >= 4 is 34.9 Å². The smallest absolute Gasteiger partial charge is 0.408 e. The molecule has 2 aliphatic heterocycles. The standard InChI is InChI=1S/C28H34N6O3/c1-34(2)15-4-3-8-24-25(35)14-11-20-6-5-7-23(16-20)32-27-17-26(29-19-30-27)31-22-12-9-21(10-13-22)18-37-28(36)33-24/h5-7,9-10,12-13,16-17,19,24H,3-4,8,11,14-15,18H2,1-2H3,(H,33,36)(H2,29,30,31,32). The molecular formula is C28H34N6O3. The zero-order valence-corrected chi connectivity index (χ0v) is 21.4. The van der Waals surface area contributed by atoms with Crippen LogP contribution in [0.25, 0.3) is 0 Å². The summed E-state index contributed by atoms with van der Waals surface area (Å²) >= 11 is 0. The number of Topliss-reactive ketones (excluding diaryl/α,β-unsaturated/α-hetero) is 1. The van der Waals surface area contributed by atoms with E-state index in [2.05, 4.69) is 30.8 Å². The fraction of sp³-hybridized carbons (Fsp3) is 0.357. The molecule has 0 fully saturated rings. The van der Waals surface area contributed by atoms with E-state index >= 15 is 0 Å². The number of hydrogen-bond donors (Lipinski definition) is 3. The lowest BCUT2D eigenvalue weighted by Crippen LogP contribution is -2.41. The van der Waals surface area contributed by atoms with E-state index in [1.54, 1.807) is 0 Å². The van der Waals surface area contributed by atoms with Crippen LogP contribution in [0.4, 0.5) is 27.8 Å². The number of carbonyl (C=O) groups is 2. The van der Waals surface area contributed by atoms with Crippen LogP contribution in [-0.4, -0.2) is 53.4 Å². The fourth-order valence-electron chi connectivity index (χ4n) is 4.14. The summed E-state index contributed by atoms with van der Waals surface area (Å²) in [7, 11) is 4.05. The van der Waals surface area contributed by atoms with Gasteiger partial charge in [-0.1, -0.05) is 24.3 Å². The van der Waals surface area contributed by atoms with Crippen LogP contribution in [0, 0.1) is 0 Å². The van der Waals surface area contributed by atoms with Crippen LogP contribution in [0.1, 0.15) is 36.8 Å². The SMILES string of the molecule is CN(C)CCCCC1NC(=O)OCc2ccc(cc2)Nc2cc(ncn2)Nc2cccc(c2)CCC1=O. The summed E-state index contributed by atoms with van der Waals surface area (Å²) in [5, 5.41) is 9.39. The summed E-state index contributed by atoms with van der Waals surface area (Å²) in [5.41, 5.74) is 3.58.